The summed E-state index contributed by atoms with van der Waals surface area (Å²) in [7, 11) is 0. The van der Waals surface area contributed by atoms with Crippen molar-refractivity contribution < 1.29 is 9.53 Å². The summed E-state index contributed by atoms with van der Waals surface area (Å²) in [6, 6.07) is 0.297. The number of rotatable bonds is 8. The fourth-order valence-electron chi connectivity index (χ4n) is 2.54. The number of ether oxygens (including phenoxy) is 1. The van der Waals surface area contributed by atoms with Gasteiger partial charge >= 0.3 is 0 Å². The van der Waals surface area contributed by atoms with Crippen molar-refractivity contribution in [3.63, 3.8) is 0 Å². The summed E-state index contributed by atoms with van der Waals surface area (Å²) >= 11 is 0. The van der Waals surface area contributed by atoms with E-state index in [9.17, 15) is 4.79 Å². The molecule has 0 aliphatic heterocycles. The van der Waals surface area contributed by atoms with Crippen LogP contribution in [0.3, 0.4) is 0 Å². The SMILES string of the molecule is CC(C)CCOCCNC(=O)CC1CCCC(N)C1. The molecule has 3 N–H and O–H groups in total. The fraction of sp³-hybridized carbons (Fsp3) is 0.933. The van der Waals surface area contributed by atoms with E-state index in [1.807, 2.05) is 0 Å². The van der Waals surface area contributed by atoms with Gasteiger partial charge in [0.15, 0.2) is 0 Å². The van der Waals surface area contributed by atoms with Gasteiger partial charge in [0.05, 0.1) is 6.61 Å². The highest BCUT2D eigenvalue weighted by Gasteiger charge is 2.21. The first-order valence-corrected chi connectivity index (χ1v) is 7.68. The lowest BCUT2D eigenvalue weighted by Gasteiger charge is -2.26. The number of carbonyl (C=O) groups excluding carboxylic acids is 1. The Morgan fingerprint density at radius 2 is 2.16 bits per heavy atom. The Kier molecular flexibility index (Phi) is 8.07. The molecular formula is C15H30N2O2. The molecule has 19 heavy (non-hydrogen) atoms. The molecule has 0 aromatic heterocycles. The van der Waals surface area contributed by atoms with Gasteiger partial charge < -0.3 is 15.8 Å². The maximum atomic E-state index is 11.8. The molecule has 4 heteroatoms. The number of hydrogen-bond acceptors (Lipinski definition) is 3. The molecule has 2 atom stereocenters. The Bertz CT molecular complexity index is 257. The molecule has 0 aromatic carbocycles. The van der Waals surface area contributed by atoms with Crippen molar-refractivity contribution in [2.24, 2.45) is 17.6 Å². The van der Waals surface area contributed by atoms with Crippen molar-refractivity contribution in [2.45, 2.75) is 58.4 Å². The number of hydrogen-bond donors (Lipinski definition) is 2. The number of amides is 1. The molecular weight excluding hydrogens is 240 g/mol. The summed E-state index contributed by atoms with van der Waals surface area (Å²) in [5.41, 5.74) is 5.93. The van der Waals surface area contributed by atoms with Gasteiger partial charge in [0.25, 0.3) is 0 Å². The minimum Gasteiger partial charge on any atom is -0.380 e. The largest absolute Gasteiger partial charge is 0.380 e. The van der Waals surface area contributed by atoms with Crippen LogP contribution in [0.1, 0.15) is 52.4 Å². The molecule has 112 valence electrons. The van der Waals surface area contributed by atoms with Crippen molar-refractivity contribution in [1.82, 2.24) is 5.32 Å². The summed E-state index contributed by atoms with van der Waals surface area (Å²) in [6.07, 6.45) is 6.12. The van der Waals surface area contributed by atoms with Crippen molar-refractivity contribution in [3.8, 4) is 0 Å². The van der Waals surface area contributed by atoms with Gasteiger partial charge in [-0.05, 0) is 37.5 Å². The third-order valence-corrected chi connectivity index (χ3v) is 3.71. The average Bonchev–Trinajstić information content (AvgIpc) is 2.33. The third kappa shape index (κ3) is 8.22. The summed E-state index contributed by atoms with van der Waals surface area (Å²) in [6.45, 7) is 6.38. The molecule has 4 nitrogen and oxygen atoms in total. The van der Waals surface area contributed by atoms with Gasteiger partial charge in [-0.1, -0.05) is 20.3 Å². The molecule has 1 rings (SSSR count). The minimum atomic E-state index is 0.145. The molecule has 0 radical (unpaired) electrons. The fourth-order valence-corrected chi connectivity index (χ4v) is 2.54. The van der Waals surface area contributed by atoms with E-state index in [0.29, 0.717) is 37.5 Å². The smallest absolute Gasteiger partial charge is 0.220 e. The van der Waals surface area contributed by atoms with Gasteiger partial charge in [-0.2, -0.15) is 0 Å². The van der Waals surface area contributed by atoms with Gasteiger partial charge in [0, 0.05) is 25.6 Å². The first-order valence-electron chi connectivity index (χ1n) is 7.68. The van der Waals surface area contributed by atoms with E-state index in [1.165, 1.54) is 0 Å². The summed E-state index contributed by atoms with van der Waals surface area (Å²) in [5.74, 6) is 1.29. The van der Waals surface area contributed by atoms with Gasteiger partial charge in [-0.25, -0.2) is 0 Å². The van der Waals surface area contributed by atoms with Crippen molar-refractivity contribution in [3.05, 3.63) is 0 Å². The van der Waals surface area contributed by atoms with Crippen LogP contribution in [0.4, 0.5) is 0 Å². The Morgan fingerprint density at radius 3 is 2.84 bits per heavy atom. The molecule has 2 unspecified atom stereocenters. The number of nitrogens with two attached hydrogens (primary N) is 1. The highest BCUT2D eigenvalue weighted by Crippen LogP contribution is 2.25. The van der Waals surface area contributed by atoms with E-state index in [2.05, 4.69) is 19.2 Å². The average molecular weight is 270 g/mol. The lowest BCUT2D eigenvalue weighted by Crippen LogP contribution is -2.33. The zero-order valence-corrected chi connectivity index (χ0v) is 12.5. The Hall–Kier alpha value is -0.610. The normalized spacial score (nSPS) is 23.6. The van der Waals surface area contributed by atoms with E-state index in [1.54, 1.807) is 0 Å². The van der Waals surface area contributed by atoms with Gasteiger partial charge in [0.1, 0.15) is 0 Å². The minimum absolute atomic E-state index is 0.145. The Labute approximate surface area is 117 Å². The van der Waals surface area contributed by atoms with Crippen LogP contribution in [0.25, 0.3) is 0 Å². The monoisotopic (exact) mass is 270 g/mol. The molecule has 1 aliphatic carbocycles. The van der Waals surface area contributed by atoms with Crippen LogP contribution in [-0.2, 0) is 9.53 Å². The number of carbonyl (C=O) groups is 1. The van der Waals surface area contributed by atoms with Crippen molar-refractivity contribution in [1.29, 1.82) is 0 Å². The molecule has 1 amide bonds. The van der Waals surface area contributed by atoms with E-state index >= 15 is 0 Å². The van der Waals surface area contributed by atoms with E-state index in [-0.39, 0.29) is 5.91 Å². The molecule has 0 aromatic rings. The number of nitrogens with one attached hydrogen (secondary N) is 1. The quantitative estimate of drug-likeness (QED) is 0.664. The standard InChI is InChI=1S/C15H30N2O2/c1-12(2)6-8-19-9-7-17-15(18)11-13-4-3-5-14(16)10-13/h12-14H,3-11,16H2,1-2H3,(H,17,18). The van der Waals surface area contributed by atoms with Crippen LogP contribution >= 0.6 is 0 Å². The maximum absolute atomic E-state index is 11.8. The summed E-state index contributed by atoms with van der Waals surface area (Å²) in [4.78, 5) is 11.8. The highest BCUT2D eigenvalue weighted by atomic mass is 16.5. The second-order valence-corrected chi connectivity index (χ2v) is 6.14. The summed E-state index contributed by atoms with van der Waals surface area (Å²) in [5, 5.41) is 2.93. The Balaban J connectivity index is 1.98. The maximum Gasteiger partial charge on any atom is 0.220 e. The summed E-state index contributed by atoms with van der Waals surface area (Å²) < 4.78 is 5.47. The first kappa shape index (κ1) is 16.4. The predicted molar refractivity (Wildman–Crippen MR) is 77.8 cm³/mol. The van der Waals surface area contributed by atoms with Gasteiger partial charge in [-0.15, -0.1) is 0 Å². The van der Waals surface area contributed by atoms with Crippen molar-refractivity contribution >= 4 is 5.91 Å². The van der Waals surface area contributed by atoms with Crippen LogP contribution in [0, 0.1) is 11.8 Å². The van der Waals surface area contributed by atoms with Gasteiger partial charge in [0.2, 0.25) is 5.91 Å². The van der Waals surface area contributed by atoms with E-state index in [0.717, 1.165) is 38.7 Å². The molecule has 0 saturated heterocycles. The topological polar surface area (TPSA) is 64.3 Å². The second-order valence-electron chi connectivity index (χ2n) is 6.14. The molecule has 1 aliphatic rings. The molecule has 0 heterocycles. The molecule has 1 fully saturated rings. The van der Waals surface area contributed by atoms with E-state index in [4.69, 9.17) is 10.5 Å². The van der Waals surface area contributed by atoms with Crippen LogP contribution in [0.15, 0.2) is 0 Å². The van der Waals surface area contributed by atoms with Crippen LogP contribution in [0.5, 0.6) is 0 Å². The first-order chi connectivity index (χ1) is 9.08. The predicted octanol–water partition coefficient (Wildman–Crippen LogP) is 2.07. The van der Waals surface area contributed by atoms with Gasteiger partial charge in [-0.3, -0.25) is 4.79 Å². The Morgan fingerprint density at radius 1 is 1.37 bits per heavy atom. The zero-order chi connectivity index (χ0) is 14.1. The molecule has 0 spiro atoms. The zero-order valence-electron chi connectivity index (χ0n) is 12.5. The highest BCUT2D eigenvalue weighted by molar-refractivity contribution is 5.76. The van der Waals surface area contributed by atoms with Crippen LogP contribution < -0.4 is 11.1 Å². The molecule has 0 bridgehead atoms. The van der Waals surface area contributed by atoms with Crippen molar-refractivity contribution in [2.75, 3.05) is 19.8 Å². The lowest BCUT2D eigenvalue weighted by molar-refractivity contribution is -0.122. The van der Waals surface area contributed by atoms with E-state index < -0.39 is 0 Å². The molecule has 1 saturated carbocycles. The third-order valence-electron chi connectivity index (χ3n) is 3.71. The van der Waals surface area contributed by atoms with Crippen LogP contribution in [-0.4, -0.2) is 31.7 Å². The van der Waals surface area contributed by atoms with Crippen LogP contribution in [0.2, 0.25) is 0 Å². The second kappa shape index (κ2) is 9.32. The lowest BCUT2D eigenvalue weighted by atomic mass is 9.84.